The topological polar surface area (TPSA) is 57.7 Å². The fourth-order valence-corrected chi connectivity index (χ4v) is 3.34. The third-order valence-corrected chi connectivity index (χ3v) is 4.76. The van der Waals surface area contributed by atoms with E-state index in [0.29, 0.717) is 5.56 Å². The lowest BCUT2D eigenvalue weighted by Crippen LogP contribution is -2.34. The lowest BCUT2D eigenvalue weighted by atomic mass is 9.93. The van der Waals surface area contributed by atoms with E-state index in [2.05, 4.69) is 27.1 Å². The molecule has 0 aromatic carbocycles. The van der Waals surface area contributed by atoms with Gasteiger partial charge in [-0.25, -0.2) is 4.98 Å². The van der Waals surface area contributed by atoms with Gasteiger partial charge in [0.25, 0.3) is 0 Å². The summed E-state index contributed by atoms with van der Waals surface area (Å²) in [7, 11) is 0. The second kappa shape index (κ2) is 6.82. The predicted molar refractivity (Wildman–Crippen MR) is 90.2 cm³/mol. The van der Waals surface area contributed by atoms with Crippen LogP contribution in [0.2, 0.25) is 0 Å². The molecule has 0 spiro atoms. The van der Waals surface area contributed by atoms with E-state index in [-0.39, 0.29) is 0 Å². The summed E-state index contributed by atoms with van der Waals surface area (Å²) in [5.41, 5.74) is 2.57. The second-order valence-electron chi connectivity index (χ2n) is 6.36. The first-order chi connectivity index (χ1) is 11.2. The van der Waals surface area contributed by atoms with Crippen molar-refractivity contribution < 1.29 is 0 Å². The molecule has 2 aromatic heterocycles. The summed E-state index contributed by atoms with van der Waals surface area (Å²) in [6.07, 6.45) is 7.45. The first kappa shape index (κ1) is 15.5. The highest BCUT2D eigenvalue weighted by molar-refractivity contribution is 5.50. The van der Waals surface area contributed by atoms with Crippen LogP contribution >= 0.6 is 0 Å². The lowest BCUT2D eigenvalue weighted by Gasteiger charge is -2.33. The van der Waals surface area contributed by atoms with Crippen LogP contribution in [0, 0.1) is 31.1 Å². The molecule has 23 heavy (non-hydrogen) atoms. The molecule has 2 aromatic rings. The highest BCUT2D eigenvalue weighted by Gasteiger charge is 2.21. The van der Waals surface area contributed by atoms with Crippen molar-refractivity contribution in [1.82, 2.24) is 14.8 Å². The summed E-state index contributed by atoms with van der Waals surface area (Å²) < 4.78 is 2.02. The summed E-state index contributed by atoms with van der Waals surface area (Å²) in [4.78, 5) is 6.98. The third kappa shape index (κ3) is 3.53. The van der Waals surface area contributed by atoms with Crippen LogP contribution in [0.15, 0.2) is 24.5 Å². The van der Waals surface area contributed by atoms with Crippen molar-refractivity contribution in [2.45, 2.75) is 39.7 Å². The molecule has 3 rings (SSSR count). The summed E-state index contributed by atoms with van der Waals surface area (Å²) in [5.74, 6) is 1.78. The quantitative estimate of drug-likeness (QED) is 0.871. The monoisotopic (exact) mass is 309 g/mol. The molecule has 5 heteroatoms. The van der Waals surface area contributed by atoms with Crippen LogP contribution in [-0.2, 0) is 6.54 Å². The Morgan fingerprint density at radius 3 is 2.70 bits per heavy atom. The van der Waals surface area contributed by atoms with Gasteiger partial charge in [0.1, 0.15) is 11.9 Å². The number of piperidine rings is 1. The van der Waals surface area contributed by atoms with Crippen LogP contribution in [0.1, 0.15) is 36.1 Å². The van der Waals surface area contributed by atoms with Gasteiger partial charge >= 0.3 is 0 Å². The summed E-state index contributed by atoms with van der Waals surface area (Å²) in [6.45, 7) is 7.01. The Morgan fingerprint density at radius 2 is 2.09 bits per heavy atom. The maximum Gasteiger partial charge on any atom is 0.129 e. The zero-order valence-electron chi connectivity index (χ0n) is 13.9. The van der Waals surface area contributed by atoms with E-state index in [1.807, 2.05) is 37.0 Å². The Kier molecular flexibility index (Phi) is 4.61. The largest absolute Gasteiger partial charge is 0.357 e. The number of aromatic nitrogens is 3. The minimum absolute atomic E-state index is 0.711. The molecule has 0 atom stereocenters. The highest BCUT2D eigenvalue weighted by Crippen LogP contribution is 2.26. The fourth-order valence-electron chi connectivity index (χ4n) is 3.34. The van der Waals surface area contributed by atoms with Crippen LogP contribution in [-0.4, -0.2) is 27.9 Å². The average Bonchev–Trinajstić information content (AvgIpc) is 3.06. The van der Waals surface area contributed by atoms with E-state index < -0.39 is 0 Å². The molecule has 0 bridgehead atoms. The minimum Gasteiger partial charge on any atom is -0.357 e. The van der Waals surface area contributed by atoms with Gasteiger partial charge < -0.3 is 4.90 Å². The SMILES string of the molecule is Cc1cc(N2CCC(CCn3cccn3)CC2)nc(C)c1C#N. The van der Waals surface area contributed by atoms with Crippen molar-refractivity contribution in [3.8, 4) is 6.07 Å². The fraction of sp³-hybridized carbons (Fsp3) is 0.500. The number of hydrogen-bond acceptors (Lipinski definition) is 4. The van der Waals surface area contributed by atoms with Gasteiger partial charge in [-0.3, -0.25) is 4.68 Å². The molecule has 0 saturated carbocycles. The zero-order chi connectivity index (χ0) is 16.2. The van der Waals surface area contributed by atoms with E-state index in [0.717, 1.165) is 42.6 Å². The Morgan fingerprint density at radius 1 is 1.30 bits per heavy atom. The molecule has 0 amide bonds. The van der Waals surface area contributed by atoms with Gasteiger partial charge in [0.05, 0.1) is 11.3 Å². The van der Waals surface area contributed by atoms with Gasteiger partial charge in [0.2, 0.25) is 0 Å². The van der Waals surface area contributed by atoms with Crippen molar-refractivity contribution in [3.63, 3.8) is 0 Å². The van der Waals surface area contributed by atoms with Crippen molar-refractivity contribution in [1.29, 1.82) is 5.26 Å². The molecular formula is C18H23N5. The van der Waals surface area contributed by atoms with Crippen molar-refractivity contribution in [3.05, 3.63) is 41.3 Å². The van der Waals surface area contributed by atoms with E-state index in [1.165, 1.54) is 19.3 Å². The molecule has 0 aliphatic carbocycles. The molecule has 120 valence electrons. The van der Waals surface area contributed by atoms with Gasteiger partial charge in [-0.2, -0.15) is 10.4 Å². The van der Waals surface area contributed by atoms with E-state index in [9.17, 15) is 0 Å². The van der Waals surface area contributed by atoms with Crippen molar-refractivity contribution >= 4 is 5.82 Å². The van der Waals surface area contributed by atoms with Crippen LogP contribution in [0.3, 0.4) is 0 Å². The molecule has 0 unspecified atom stereocenters. The summed E-state index contributed by atoms with van der Waals surface area (Å²) >= 11 is 0. The average molecular weight is 309 g/mol. The Labute approximate surface area is 137 Å². The number of hydrogen-bond donors (Lipinski definition) is 0. The van der Waals surface area contributed by atoms with E-state index >= 15 is 0 Å². The number of pyridine rings is 1. The number of rotatable bonds is 4. The maximum atomic E-state index is 9.16. The maximum absolute atomic E-state index is 9.16. The van der Waals surface area contributed by atoms with Gasteiger partial charge in [0.15, 0.2) is 0 Å². The van der Waals surface area contributed by atoms with Crippen LogP contribution < -0.4 is 4.90 Å². The number of nitriles is 1. The molecule has 1 aliphatic heterocycles. The summed E-state index contributed by atoms with van der Waals surface area (Å²) in [6, 6.07) is 6.27. The summed E-state index contributed by atoms with van der Waals surface area (Å²) in [5, 5.41) is 13.4. The smallest absolute Gasteiger partial charge is 0.129 e. The Balaban J connectivity index is 1.57. The second-order valence-corrected chi connectivity index (χ2v) is 6.36. The Hall–Kier alpha value is -2.35. The Bertz CT molecular complexity index is 668. The first-order valence-electron chi connectivity index (χ1n) is 8.28. The molecule has 0 N–H and O–H groups in total. The molecule has 0 radical (unpaired) electrons. The van der Waals surface area contributed by atoms with Crippen LogP contribution in [0.5, 0.6) is 0 Å². The van der Waals surface area contributed by atoms with Crippen LogP contribution in [0.25, 0.3) is 0 Å². The predicted octanol–water partition coefficient (Wildman–Crippen LogP) is 3.07. The third-order valence-electron chi connectivity index (χ3n) is 4.76. The highest BCUT2D eigenvalue weighted by atomic mass is 15.3. The van der Waals surface area contributed by atoms with Crippen molar-refractivity contribution in [2.75, 3.05) is 18.0 Å². The van der Waals surface area contributed by atoms with Crippen molar-refractivity contribution in [2.24, 2.45) is 5.92 Å². The van der Waals surface area contributed by atoms with Crippen LogP contribution in [0.4, 0.5) is 5.82 Å². The number of aryl methyl sites for hydroxylation is 3. The van der Waals surface area contributed by atoms with Gasteiger partial charge in [-0.15, -0.1) is 0 Å². The minimum atomic E-state index is 0.711. The molecular weight excluding hydrogens is 286 g/mol. The van der Waals surface area contributed by atoms with Gasteiger partial charge in [-0.05, 0) is 56.7 Å². The number of nitrogens with zero attached hydrogens (tertiary/aromatic N) is 5. The molecule has 3 heterocycles. The lowest BCUT2D eigenvalue weighted by molar-refractivity contribution is 0.353. The zero-order valence-corrected chi connectivity index (χ0v) is 13.9. The standard InChI is InChI=1S/C18H23N5/c1-14-12-18(21-15(2)17(14)13-19)22-9-4-16(5-10-22)6-11-23-8-3-7-20-23/h3,7-8,12,16H,4-6,9-11H2,1-2H3. The normalized spacial score (nSPS) is 15.6. The van der Waals surface area contributed by atoms with E-state index in [1.54, 1.807) is 0 Å². The van der Waals surface area contributed by atoms with Gasteiger partial charge in [-0.1, -0.05) is 0 Å². The molecule has 1 saturated heterocycles. The molecule has 5 nitrogen and oxygen atoms in total. The van der Waals surface area contributed by atoms with Gasteiger partial charge in [0, 0.05) is 32.0 Å². The first-order valence-corrected chi connectivity index (χ1v) is 8.28. The molecule has 1 fully saturated rings. The molecule has 1 aliphatic rings. The number of anilines is 1. The van der Waals surface area contributed by atoms with E-state index in [4.69, 9.17) is 5.26 Å².